The summed E-state index contributed by atoms with van der Waals surface area (Å²) in [6, 6.07) is 30.3. The van der Waals surface area contributed by atoms with Crippen LogP contribution in [0.25, 0.3) is 0 Å². The van der Waals surface area contributed by atoms with E-state index in [1.807, 2.05) is 0 Å². The molecule has 12 heteroatoms. The Bertz CT molecular complexity index is 1950. The fraction of sp³-hybridized carbons (Fsp3) is 0.135. The third kappa shape index (κ3) is 7.69. The van der Waals surface area contributed by atoms with Gasteiger partial charge in [-0.15, -0.1) is 12.4 Å². The van der Waals surface area contributed by atoms with E-state index in [4.69, 9.17) is 10.2 Å². The number of anilines is 4. The molecule has 2 heterocycles. The van der Waals surface area contributed by atoms with Gasteiger partial charge in [-0.05, 0) is 65.7 Å². The first kappa shape index (κ1) is 34.6. The number of nitrogens with two attached hydrogens (primary N) is 1. The van der Waals surface area contributed by atoms with Crippen molar-refractivity contribution in [2.75, 3.05) is 15.1 Å². The van der Waals surface area contributed by atoms with Gasteiger partial charge in [0.15, 0.2) is 5.76 Å². The van der Waals surface area contributed by atoms with Crippen molar-refractivity contribution >= 4 is 58.8 Å². The fourth-order valence-corrected chi connectivity index (χ4v) is 5.52. The van der Waals surface area contributed by atoms with E-state index in [-0.39, 0.29) is 36.8 Å². The van der Waals surface area contributed by atoms with Gasteiger partial charge < -0.3 is 25.7 Å². The zero-order chi connectivity index (χ0) is 33.6. The summed E-state index contributed by atoms with van der Waals surface area (Å²) in [5.41, 5.74) is 9.63. The maximum atomic E-state index is 14.4. The van der Waals surface area contributed by atoms with Crippen molar-refractivity contribution < 1.29 is 28.0 Å². The molecule has 1 aromatic heterocycles. The molecule has 4 aromatic carbocycles. The average Bonchev–Trinajstić information content (AvgIpc) is 3.64. The fourth-order valence-electron chi connectivity index (χ4n) is 5.52. The zero-order valence-electron chi connectivity index (χ0n) is 26.2. The van der Waals surface area contributed by atoms with E-state index in [0.29, 0.717) is 34.9 Å². The highest BCUT2D eigenvalue weighted by atomic mass is 35.5. The summed E-state index contributed by atoms with van der Waals surface area (Å²) in [7, 11) is 0. The molecule has 250 valence electrons. The van der Waals surface area contributed by atoms with Crippen LogP contribution in [0.1, 0.15) is 33.7 Å². The first-order valence-electron chi connectivity index (χ1n) is 15.3. The molecule has 5 aromatic rings. The Labute approximate surface area is 288 Å². The third-order valence-corrected chi connectivity index (χ3v) is 8.05. The lowest BCUT2D eigenvalue weighted by atomic mass is 10.0. The molecule has 0 saturated heterocycles. The molecule has 0 fully saturated rings. The van der Waals surface area contributed by atoms with E-state index in [1.54, 1.807) is 103 Å². The lowest BCUT2D eigenvalue weighted by molar-refractivity contribution is -0.136. The lowest BCUT2D eigenvalue weighted by Gasteiger charge is -2.26. The van der Waals surface area contributed by atoms with Gasteiger partial charge in [0.25, 0.3) is 5.91 Å². The number of para-hydroxylation sites is 2. The Morgan fingerprint density at radius 1 is 0.796 bits per heavy atom. The van der Waals surface area contributed by atoms with Gasteiger partial charge in [-0.3, -0.25) is 24.1 Å². The van der Waals surface area contributed by atoms with Gasteiger partial charge in [-0.25, -0.2) is 4.39 Å². The second-order valence-electron chi connectivity index (χ2n) is 11.2. The van der Waals surface area contributed by atoms with Crippen molar-refractivity contribution in [3.8, 4) is 0 Å². The molecule has 10 nitrogen and oxygen atoms in total. The lowest BCUT2D eigenvalue weighted by Crippen LogP contribution is -2.43. The highest BCUT2D eigenvalue weighted by Gasteiger charge is 2.42. The summed E-state index contributed by atoms with van der Waals surface area (Å²) in [6.07, 6.45) is 0.959. The van der Waals surface area contributed by atoms with Crippen LogP contribution in [0.3, 0.4) is 0 Å². The molecule has 0 aliphatic carbocycles. The molecule has 1 aliphatic heterocycles. The second kappa shape index (κ2) is 15.4. The Kier molecular flexibility index (Phi) is 10.9. The molecule has 4 N–H and O–H groups in total. The minimum Gasteiger partial charge on any atom is -0.459 e. The second-order valence-corrected chi connectivity index (χ2v) is 11.2. The third-order valence-electron chi connectivity index (χ3n) is 8.05. The number of nitrogens with one attached hydrogen (secondary N) is 2. The van der Waals surface area contributed by atoms with Crippen LogP contribution in [0.5, 0.6) is 0 Å². The van der Waals surface area contributed by atoms with Crippen molar-refractivity contribution in [3.63, 3.8) is 0 Å². The Balaban J connectivity index is 0.00000468. The van der Waals surface area contributed by atoms with E-state index in [2.05, 4.69) is 10.6 Å². The summed E-state index contributed by atoms with van der Waals surface area (Å²) in [5.74, 6) is -3.82. The van der Waals surface area contributed by atoms with Crippen molar-refractivity contribution in [2.45, 2.75) is 26.1 Å². The molecular weight excluding hydrogens is 649 g/mol. The van der Waals surface area contributed by atoms with Crippen molar-refractivity contribution in [1.29, 1.82) is 0 Å². The minimum atomic E-state index is -1.39. The quantitative estimate of drug-likeness (QED) is 0.153. The summed E-state index contributed by atoms with van der Waals surface area (Å²) in [5, 5.41) is 5.42. The molecule has 0 spiro atoms. The maximum Gasteiger partial charge on any atom is 0.291 e. The van der Waals surface area contributed by atoms with Gasteiger partial charge in [0.2, 0.25) is 17.7 Å². The highest BCUT2D eigenvalue weighted by Crippen LogP contribution is 2.40. The number of halogens is 2. The topological polar surface area (TPSA) is 138 Å². The van der Waals surface area contributed by atoms with E-state index in [9.17, 15) is 23.6 Å². The summed E-state index contributed by atoms with van der Waals surface area (Å²) in [4.78, 5) is 57.3. The van der Waals surface area contributed by atoms with Gasteiger partial charge in [-0.2, -0.15) is 0 Å². The van der Waals surface area contributed by atoms with E-state index in [1.165, 1.54) is 22.1 Å². The van der Waals surface area contributed by atoms with Crippen LogP contribution in [-0.4, -0.2) is 23.6 Å². The number of carbonyl (C=O) groups is 4. The number of carbonyl (C=O) groups excluding carboxylic acids is 4. The Morgan fingerprint density at radius 3 is 2.14 bits per heavy atom. The molecule has 0 bridgehead atoms. The number of hydrogen-bond acceptors (Lipinski definition) is 6. The zero-order valence-corrected chi connectivity index (χ0v) is 27.0. The maximum absolute atomic E-state index is 14.4. The summed E-state index contributed by atoms with van der Waals surface area (Å²) < 4.78 is 19.4. The SMILES string of the molecule is Cl.NCc1ccc(N2C(=O)C(CC(=O)NCc3ccccc3F)C(=O)N(Cc3ccc(NC(=O)c4ccco4)cc3)c3ccccc32)cc1. The van der Waals surface area contributed by atoms with Crippen molar-refractivity contribution in [2.24, 2.45) is 11.7 Å². The molecule has 0 radical (unpaired) electrons. The number of rotatable bonds is 10. The smallest absolute Gasteiger partial charge is 0.291 e. The predicted molar refractivity (Wildman–Crippen MR) is 186 cm³/mol. The van der Waals surface area contributed by atoms with Crippen LogP contribution in [0.2, 0.25) is 0 Å². The number of benzene rings is 4. The molecule has 49 heavy (non-hydrogen) atoms. The van der Waals surface area contributed by atoms with Crippen LogP contribution in [-0.2, 0) is 34.0 Å². The van der Waals surface area contributed by atoms with Gasteiger partial charge in [0.05, 0.1) is 24.2 Å². The number of hydrogen-bond donors (Lipinski definition) is 3. The molecule has 1 atom stereocenters. The number of amides is 4. The summed E-state index contributed by atoms with van der Waals surface area (Å²) in [6.45, 7) is 0.285. The number of fused-ring (bicyclic) bond motifs is 1. The first-order chi connectivity index (χ1) is 23.3. The van der Waals surface area contributed by atoms with Crippen LogP contribution >= 0.6 is 12.4 Å². The first-order valence-corrected chi connectivity index (χ1v) is 15.3. The van der Waals surface area contributed by atoms with Crippen LogP contribution in [0, 0.1) is 11.7 Å². The van der Waals surface area contributed by atoms with Gasteiger partial charge in [0, 0.05) is 36.4 Å². The Morgan fingerprint density at radius 2 is 1.47 bits per heavy atom. The molecule has 0 saturated carbocycles. The average molecular weight is 682 g/mol. The summed E-state index contributed by atoms with van der Waals surface area (Å²) >= 11 is 0. The molecule has 1 aliphatic rings. The largest absolute Gasteiger partial charge is 0.459 e. The molecule has 1 unspecified atom stereocenters. The predicted octanol–water partition coefficient (Wildman–Crippen LogP) is 6.09. The normalized spacial score (nSPS) is 14.0. The molecule has 6 rings (SSSR count). The minimum absolute atomic E-state index is 0. The van der Waals surface area contributed by atoms with Gasteiger partial charge in [-0.1, -0.05) is 54.6 Å². The standard InChI is InChI=1S/C37H32FN5O5.ClH/c38-30-7-2-1-6-26(30)22-40-34(44)20-29-36(46)42(23-25-11-15-27(16-12-25)41-35(45)33-10-5-19-48-33)31-8-3-4-9-32(31)43(37(29)47)28-17-13-24(21-39)14-18-28;/h1-19,29H,20-23,39H2,(H,40,44)(H,41,45);1H. The van der Waals surface area contributed by atoms with Crippen LogP contribution < -0.4 is 26.2 Å². The monoisotopic (exact) mass is 681 g/mol. The van der Waals surface area contributed by atoms with Gasteiger partial charge >= 0.3 is 0 Å². The Hall–Kier alpha value is -5.78. The number of nitrogens with zero attached hydrogens (tertiary/aromatic N) is 2. The van der Waals surface area contributed by atoms with E-state index >= 15 is 0 Å². The number of furan rings is 1. The van der Waals surface area contributed by atoms with Gasteiger partial charge in [0.1, 0.15) is 11.7 Å². The van der Waals surface area contributed by atoms with Crippen LogP contribution in [0.4, 0.5) is 27.1 Å². The van der Waals surface area contributed by atoms with Crippen LogP contribution in [0.15, 0.2) is 120 Å². The van der Waals surface area contributed by atoms with E-state index in [0.717, 1.165) is 5.56 Å². The van der Waals surface area contributed by atoms with E-state index < -0.39 is 41.8 Å². The van der Waals surface area contributed by atoms with Crippen molar-refractivity contribution in [3.05, 3.63) is 144 Å². The molecule has 4 amide bonds. The van der Waals surface area contributed by atoms with Crippen molar-refractivity contribution in [1.82, 2.24) is 5.32 Å². The highest BCUT2D eigenvalue weighted by molar-refractivity contribution is 6.21. The molecular formula is C37H33ClFN5O5.